The summed E-state index contributed by atoms with van der Waals surface area (Å²) in [5.74, 6) is 0. The minimum absolute atomic E-state index is 1.03. The highest BCUT2D eigenvalue weighted by Gasteiger charge is 2.07. The molecule has 34 heavy (non-hydrogen) atoms. The molecule has 0 fully saturated rings. The smallest absolute Gasteiger partial charge is 0.0236 e. The lowest BCUT2D eigenvalue weighted by molar-refractivity contribution is 0.316. The first-order valence-corrected chi connectivity index (χ1v) is 14.6. The average Bonchev–Trinajstić information content (AvgIpc) is 2.87. The molecule has 2 rings (SSSR count). The van der Waals surface area contributed by atoms with Gasteiger partial charge >= 0.3 is 0 Å². The molecule has 2 aromatic carbocycles. The zero-order chi connectivity index (χ0) is 24.1. The number of hydrogen-bond acceptors (Lipinski definition) is 1. The highest BCUT2D eigenvalue weighted by molar-refractivity contribution is 5.67. The highest BCUT2D eigenvalue weighted by atomic mass is 15.1. The number of benzene rings is 2. The fraction of sp³-hybridized carbons (Fsp3) is 0.636. The van der Waals surface area contributed by atoms with Gasteiger partial charge in [-0.1, -0.05) is 164 Å². The van der Waals surface area contributed by atoms with E-state index in [9.17, 15) is 0 Å². The van der Waals surface area contributed by atoms with Crippen LogP contribution in [-0.2, 0) is 6.54 Å². The predicted octanol–water partition coefficient (Wildman–Crippen LogP) is 10.4. The van der Waals surface area contributed by atoms with Crippen molar-refractivity contribution >= 4 is 0 Å². The maximum atomic E-state index is 2.49. The number of rotatable bonds is 21. The van der Waals surface area contributed by atoms with Crippen molar-refractivity contribution in [2.24, 2.45) is 0 Å². The molecule has 2 aromatic rings. The van der Waals surface area contributed by atoms with Crippen LogP contribution < -0.4 is 0 Å². The standard InChI is InChI=1S/C33H53N/c1-3-4-5-6-7-8-9-10-11-12-13-14-15-16-17-18-24-29-34(2)30-32-27-22-23-28-33(32)31-25-20-19-21-26-31/h19-23,25-28H,3-18,24,29-30H2,1-2H3. The molecule has 0 amide bonds. The molecule has 0 atom stereocenters. The van der Waals surface area contributed by atoms with Crippen molar-refractivity contribution in [2.75, 3.05) is 13.6 Å². The van der Waals surface area contributed by atoms with Crippen molar-refractivity contribution < 1.29 is 0 Å². The van der Waals surface area contributed by atoms with Crippen LogP contribution in [0.15, 0.2) is 54.6 Å². The van der Waals surface area contributed by atoms with Gasteiger partial charge < -0.3 is 4.90 Å². The van der Waals surface area contributed by atoms with Crippen LogP contribution in [0.4, 0.5) is 0 Å². The zero-order valence-electron chi connectivity index (χ0n) is 22.6. The van der Waals surface area contributed by atoms with Crippen molar-refractivity contribution in [3.8, 4) is 11.1 Å². The van der Waals surface area contributed by atoms with Crippen molar-refractivity contribution in [1.29, 1.82) is 0 Å². The Hall–Kier alpha value is -1.60. The van der Waals surface area contributed by atoms with Crippen LogP contribution in [0.1, 0.15) is 122 Å². The molecule has 190 valence electrons. The SMILES string of the molecule is CCCCCCCCCCCCCCCCCCCN(C)Cc1ccccc1-c1ccccc1. The number of nitrogens with zero attached hydrogens (tertiary/aromatic N) is 1. The summed E-state index contributed by atoms with van der Waals surface area (Å²) in [5.41, 5.74) is 4.13. The summed E-state index contributed by atoms with van der Waals surface area (Å²) in [6.07, 6.45) is 24.4. The molecule has 0 aliphatic rings. The van der Waals surface area contributed by atoms with Crippen LogP contribution >= 0.6 is 0 Å². The van der Waals surface area contributed by atoms with E-state index in [4.69, 9.17) is 0 Å². The minimum atomic E-state index is 1.03. The van der Waals surface area contributed by atoms with E-state index < -0.39 is 0 Å². The quantitative estimate of drug-likeness (QED) is 0.166. The van der Waals surface area contributed by atoms with Gasteiger partial charge in [0.05, 0.1) is 0 Å². The van der Waals surface area contributed by atoms with Crippen molar-refractivity contribution in [3.05, 3.63) is 60.2 Å². The van der Waals surface area contributed by atoms with E-state index >= 15 is 0 Å². The fourth-order valence-electron chi connectivity index (χ4n) is 5.03. The number of unbranched alkanes of at least 4 members (excludes halogenated alkanes) is 16. The Balaban J connectivity index is 1.41. The van der Waals surface area contributed by atoms with Crippen LogP contribution in [-0.4, -0.2) is 18.5 Å². The fourth-order valence-corrected chi connectivity index (χ4v) is 5.03. The lowest BCUT2D eigenvalue weighted by Crippen LogP contribution is -2.19. The van der Waals surface area contributed by atoms with Crippen LogP contribution in [0.2, 0.25) is 0 Å². The largest absolute Gasteiger partial charge is 0.302 e. The third kappa shape index (κ3) is 13.3. The van der Waals surface area contributed by atoms with Gasteiger partial charge in [0.2, 0.25) is 0 Å². The van der Waals surface area contributed by atoms with Crippen LogP contribution in [0, 0.1) is 0 Å². The zero-order valence-corrected chi connectivity index (χ0v) is 22.6. The van der Waals surface area contributed by atoms with Gasteiger partial charge in [-0.3, -0.25) is 0 Å². The van der Waals surface area contributed by atoms with Gasteiger partial charge in [-0.25, -0.2) is 0 Å². The van der Waals surface area contributed by atoms with Crippen molar-refractivity contribution in [2.45, 2.75) is 123 Å². The Morgan fingerprint density at radius 2 is 0.941 bits per heavy atom. The second-order valence-electron chi connectivity index (χ2n) is 10.4. The Bertz CT molecular complexity index is 707. The molecule has 0 aliphatic heterocycles. The summed E-state index contributed by atoms with van der Waals surface area (Å²) < 4.78 is 0. The van der Waals surface area contributed by atoms with E-state index in [0.29, 0.717) is 0 Å². The molecule has 0 radical (unpaired) electrons. The van der Waals surface area contributed by atoms with Gasteiger partial charge in [0.1, 0.15) is 0 Å². The monoisotopic (exact) mass is 463 g/mol. The van der Waals surface area contributed by atoms with E-state index in [1.165, 1.54) is 132 Å². The molecular formula is C33H53N. The lowest BCUT2D eigenvalue weighted by atomic mass is 9.99. The summed E-state index contributed by atoms with van der Waals surface area (Å²) in [6, 6.07) is 19.7. The van der Waals surface area contributed by atoms with Gasteiger partial charge in [0.15, 0.2) is 0 Å². The second-order valence-corrected chi connectivity index (χ2v) is 10.4. The molecule has 0 N–H and O–H groups in total. The van der Waals surface area contributed by atoms with Gasteiger partial charge in [-0.05, 0) is 36.7 Å². The van der Waals surface area contributed by atoms with Gasteiger partial charge in [0.25, 0.3) is 0 Å². The molecular weight excluding hydrogens is 410 g/mol. The van der Waals surface area contributed by atoms with E-state index in [-0.39, 0.29) is 0 Å². The second kappa shape index (κ2) is 19.7. The molecule has 0 spiro atoms. The van der Waals surface area contributed by atoms with E-state index in [2.05, 4.69) is 73.5 Å². The average molecular weight is 464 g/mol. The minimum Gasteiger partial charge on any atom is -0.302 e. The molecule has 0 saturated heterocycles. The summed E-state index contributed by atoms with van der Waals surface area (Å²) in [7, 11) is 2.27. The normalized spacial score (nSPS) is 11.4. The number of hydrogen-bond donors (Lipinski definition) is 0. The molecule has 0 aromatic heterocycles. The Morgan fingerprint density at radius 3 is 1.47 bits per heavy atom. The Morgan fingerprint density at radius 1 is 0.500 bits per heavy atom. The summed E-state index contributed by atoms with van der Waals surface area (Å²) in [5, 5.41) is 0. The van der Waals surface area contributed by atoms with Crippen LogP contribution in [0.3, 0.4) is 0 Å². The molecule has 0 saturated carbocycles. The summed E-state index contributed by atoms with van der Waals surface area (Å²) in [6.45, 7) is 4.53. The molecule has 1 nitrogen and oxygen atoms in total. The first kappa shape index (κ1) is 28.6. The highest BCUT2D eigenvalue weighted by Crippen LogP contribution is 2.24. The van der Waals surface area contributed by atoms with Crippen LogP contribution in [0.25, 0.3) is 11.1 Å². The van der Waals surface area contributed by atoms with Crippen LogP contribution in [0.5, 0.6) is 0 Å². The van der Waals surface area contributed by atoms with Gasteiger partial charge in [-0.2, -0.15) is 0 Å². The lowest BCUT2D eigenvalue weighted by Gasteiger charge is -2.19. The van der Waals surface area contributed by atoms with E-state index in [0.717, 1.165) is 6.54 Å². The molecule has 1 heteroatoms. The van der Waals surface area contributed by atoms with Crippen molar-refractivity contribution in [3.63, 3.8) is 0 Å². The summed E-state index contributed by atoms with van der Waals surface area (Å²) >= 11 is 0. The van der Waals surface area contributed by atoms with Gasteiger partial charge in [-0.15, -0.1) is 0 Å². The Kier molecular flexibility index (Phi) is 16.6. The topological polar surface area (TPSA) is 3.24 Å². The summed E-state index contributed by atoms with van der Waals surface area (Å²) in [4.78, 5) is 2.49. The third-order valence-electron chi connectivity index (χ3n) is 7.19. The first-order chi connectivity index (χ1) is 16.8. The maximum Gasteiger partial charge on any atom is 0.0236 e. The molecule has 0 aliphatic carbocycles. The Labute approximate surface area is 212 Å². The van der Waals surface area contributed by atoms with Crippen molar-refractivity contribution in [1.82, 2.24) is 4.90 Å². The third-order valence-corrected chi connectivity index (χ3v) is 7.19. The first-order valence-electron chi connectivity index (χ1n) is 14.6. The predicted molar refractivity (Wildman–Crippen MR) is 152 cm³/mol. The molecule has 0 bridgehead atoms. The molecule has 0 unspecified atom stereocenters. The van der Waals surface area contributed by atoms with E-state index in [1.54, 1.807) is 0 Å². The maximum absolute atomic E-state index is 2.49. The van der Waals surface area contributed by atoms with Gasteiger partial charge in [0, 0.05) is 6.54 Å². The van der Waals surface area contributed by atoms with E-state index in [1.807, 2.05) is 0 Å². The molecule has 0 heterocycles.